The lowest BCUT2D eigenvalue weighted by Crippen LogP contribution is -2.41. The van der Waals surface area contributed by atoms with Crippen LogP contribution in [-0.4, -0.2) is 49.9 Å². The molecule has 0 aliphatic carbocycles. The van der Waals surface area contributed by atoms with Gasteiger partial charge in [0.05, 0.1) is 6.04 Å². The fraction of sp³-hybridized carbons (Fsp3) is 0.440. The smallest absolute Gasteiger partial charge is 0.313 e. The lowest BCUT2D eigenvalue weighted by molar-refractivity contribution is -0.136. The summed E-state index contributed by atoms with van der Waals surface area (Å²) in [6.45, 7) is 7.44. The summed E-state index contributed by atoms with van der Waals surface area (Å²) in [5.41, 5.74) is 6.60. The fourth-order valence-electron chi connectivity index (χ4n) is 4.64. The Bertz CT molecular complexity index is 981. The van der Waals surface area contributed by atoms with Gasteiger partial charge < -0.3 is 15.5 Å². The van der Waals surface area contributed by atoms with E-state index in [9.17, 15) is 9.59 Å². The number of carbonyl (C=O) groups is 2. The third-order valence-electron chi connectivity index (χ3n) is 6.71. The number of rotatable bonds is 5. The number of anilines is 2. The monoisotopic (exact) mass is 420 g/mol. The van der Waals surface area contributed by atoms with Crippen LogP contribution in [0, 0.1) is 13.8 Å². The van der Waals surface area contributed by atoms with Gasteiger partial charge in [-0.15, -0.1) is 0 Å². The van der Waals surface area contributed by atoms with E-state index in [1.54, 1.807) is 0 Å². The molecule has 2 heterocycles. The van der Waals surface area contributed by atoms with E-state index in [0.29, 0.717) is 12.2 Å². The molecule has 0 radical (unpaired) electrons. The molecule has 6 heteroatoms. The molecule has 2 aromatic rings. The Morgan fingerprint density at radius 1 is 1.03 bits per heavy atom. The number of amides is 2. The van der Waals surface area contributed by atoms with Gasteiger partial charge in [-0.25, -0.2) is 0 Å². The summed E-state index contributed by atoms with van der Waals surface area (Å²) < 4.78 is 0. The van der Waals surface area contributed by atoms with Crippen LogP contribution in [0.1, 0.15) is 41.1 Å². The molecule has 0 spiro atoms. The highest BCUT2D eigenvalue weighted by molar-refractivity contribution is 6.39. The second kappa shape index (κ2) is 9.10. The van der Waals surface area contributed by atoms with E-state index in [0.717, 1.165) is 37.2 Å². The van der Waals surface area contributed by atoms with Crippen molar-refractivity contribution < 1.29 is 9.59 Å². The molecule has 6 nitrogen and oxygen atoms in total. The Balaban J connectivity index is 1.45. The predicted octanol–water partition coefficient (Wildman–Crippen LogP) is 3.19. The maximum atomic E-state index is 12.6. The van der Waals surface area contributed by atoms with Crippen molar-refractivity contribution in [1.82, 2.24) is 10.2 Å². The lowest BCUT2D eigenvalue weighted by Gasteiger charge is -2.28. The highest BCUT2D eigenvalue weighted by Crippen LogP contribution is 2.32. The number of nitrogens with one attached hydrogen (secondary N) is 2. The van der Waals surface area contributed by atoms with Crippen molar-refractivity contribution >= 4 is 23.2 Å². The largest absolute Gasteiger partial charge is 0.374 e. The van der Waals surface area contributed by atoms with E-state index in [-0.39, 0.29) is 6.04 Å². The van der Waals surface area contributed by atoms with Crippen molar-refractivity contribution in [2.75, 3.05) is 43.4 Å². The van der Waals surface area contributed by atoms with Gasteiger partial charge in [0.1, 0.15) is 0 Å². The summed E-state index contributed by atoms with van der Waals surface area (Å²) >= 11 is 0. The SMILES string of the molecule is Cc1cccc(NC(=O)C(=O)NC[C@H](c2ccc3c(c2)CCN3C)N2CCCC2)c1C. The van der Waals surface area contributed by atoms with E-state index in [4.69, 9.17) is 0 Å². The Morgan fingerprint density at radius 3 is 2.58 bits per heavy atom. The quantitative estimate of drug-likeness (QED) is 0.730. The molecule has 4 rings (SSSR count). The lowest BCUT2D eigenvalue weighted by atomic mass is 10.0. The predicted molar refractivity (Wildman–Crippen MR) is 125 cm³/mol. The van der Waals surface area contributed by atoms with E-state index in [1.165, 1.54) is 29.7 Å². The van der Waals surface area contributed by atoms with Crippen LogP contribution >= 0.6 is 0 Å². The molecule has 31 heavy (non-hydrogen) atoms. The molecule has 2 aliphatic heterocycles. The van der Waals surface area contributed by atoms with E-state index in [2.05, 4.69) is 45.7 Å². The number of hydrogen-bond donors (Lipinski definition) is 2. The molecule has 1 fully saturated rings. The number of nitrogens with zero attached hydrogens (tertiary/aromatic N) is 2. The summed E-state index contributed by atoms with van der Waals surface area (Å²) in [6.07, 6.45) is 3.40. The van der Waals surface area contributed by atoms with Gasteiger partial charge in [-0.3, -0.25) is 14.5 Å². The summed E-state index contributed by atoms with van der Waals surface area (Å²) in [6, 6.07) is 12.4. The molecule has 2 aliphatic rings. The molecular weight excluding hydrogens is 388 g/mol. The average Bonchev–Trinajstić information content (AvgIpc) is 3.42. The van der Waals surface area contributed by atoms with Crippen LogP contribution in [0.2, 0.25) is 0 Å². The van der Waals surface area contributed by atoms with Gasteiger partial charge in [-0.1, -0.05) is 24.3 Å². The Morgan fingerprint density at radius 2 is 1.81 bits per heavy atom. The van der Waals surface area contributed by atoms with Gasteiger partial charge in [0.15, 0.2) is 0 Å². The van der Waals surface area contributed by atoms with Crippen LogP contribution in [-0.2, 0) is 16.0 Å². The molecule has 2 N–H and O–H groups in total. The molecule has 1 atom stereocenters. The topological polar surface area (TPSA) is 64.7 Å². The van der Waals surface area contributed by atoms with Crippen molar-refractivity contribution in [2.45, 2.75) is 39.2 Å². The summed E-state index contributed by atoms with van der Waals surface area (Å²) in [7, 11) is 2.12. The fourth-order valence-corrected chi connectivity index (χ4v) is 4.64. The maximum Gasteiger partial charge on any atom is 0.313 e. The van der Waals surface area contributed by atoms with Crippen LogP contribution < -0.4 is 15.5 Å². The van der Waals surface area contributed by atoms with Crippen molar-refractivity contribution in [3.63, 3.8) is 0 Å². The minimum absolute atomic E-state index is 0.0798. The number of benzene rings is 2. The summed E-state index contributed by atoms with van der Waals surface area (Å²) in [5.74, 6) is -1.21. The van der Waals surface area contributed by atoms with Crippen LogP contribution in [0.5, 0.6) is 0 Å². The minimum Gasteiger partial charge on any atom is -0.374 e. The average molecular weight is 421 g/mol. The van der Waals surface area contributed by atoms with Gasteiger partial charge in [-0.2, -0.15) is 0 Å². The molecule has 0 unspecified atom stereocenters. The first kappa shape index (κ1) is 21.4. The normalized spacial score (nSPS) is 16.8. The molecular formula is C25H32N4O2. The van der Waals surface area contributed by atoms with Gasteiger partial charge in [0.25, 0.3) is 0 Å². The molecule has 164 valence electrons. The molecule has 2 amide bonds. The van der Waals surface area contributed by atoms with Gasteiger partial charge in [-0.05, 0) is 80.6 Å². The zero-order chi connectivity index (χ0) is 22.0. The Kier molecular flexibility index (Phi) is 6.28. The number of likely N-dealkylation sites (N-methyl/N-ethyl adjacent to an activating group) is 1. The molecule has 0 aromatic heterocycles. The zero-order valence-corrected chi connectivity index (χ0v) is 18.7. The zero-order valence-electron chi connectivity index (χ0n) is 18.7. The van der Waals surface area contributed by atoms with Gasteiger partial charge >= 0.3 is 11.8 Å². The van der Waals surface area contributed by atoms with Crippen molar-refractivity contribution in [1.29, 1.82) is 0 Å². The van der Waals surface area contributed by atoms with Crippen molar-refractivity contribution in [3.8, 4) is 0 Å². The van der Waals surface area contributed by atoms with E-state index < -0.39 is 11.8 Å². The first-order valence-electron chi connectivity index (χ1n) is 11.2. The second-order valence-electron chi connectivity index (χ2n) is 8.73. The van der Waals surface area contributed by atoms with Crippen molar-refractivity contribution in [2.24, 2.45) is 0 Å². The highest BCUT2D eigenvalue weighted by atomic mass is 16.2. The van der Waals surface area contributed by atoms with Gasteiger partial charge in [0, 0.05) is 31.5 Å². The van der Waals surface area contributed by atoms with Gasteiger partial charge in [0.2, 0.25) is 0 Å². The van der Waals surface area contributed by atoms with Crippen LogP contribution in [0.4, 0.5) is 11.4 Å². The Labute approximate surface area is 184 Å². The van der Waals surface area contributed by atoms with E-state index in [1.807, 2.05) is 32.0 Å². The summed E-state index contributed by atoms with van der Waals surface area (Å²) in [5, 5.41) is 5.64. The number of aryl methyl sites for hydroxylation is 1. The first-order chi connectivity index (χ1) is 14.9. The second-order valence-corrected chi connectivity index (χ2v) is 8.73. The molecule has 0 saturated carbocycles. The standard InChI is InChI=1S/C25H32N4O2/c1-17-7-6-8-21(18(17)2)27-25(31)24(30)26-16-23(29-12-4-5-13-29)19-9-10-22-20(15-19)11-14-28(22)3/h6-10,15,23H,4-5,11-14,16H2,1-3H3,(H,26,30)(H,27,31)/t23-/m1/s1. The number of carbonyl (C=O) groups excluding carboxylic acids is 2. The van der Waals surface area contributed by atoms with Crippen LogP contribution in [0.25, 0.3) is 0 Å². The number of fused-ring (bicyclic) bond motifs is 1. The number of hydrogen-bond acceptors (Lipinski definition) is 4. The molecule has 0 bridgehead atoms. The Hall–Kier alpha value is -2.86. The minimum atomic E-state index is -0.621. The van der Waals surface area contributed by atoms with E-state index >= 15 is 0 Å². The molecule has 1 saturated heterocycles. The van der Waals surface area contributed by atoms with Crippen molar-refractivity contribution in [3.05, 3.63) is 58.7 Å². The third kappa shape index (κ3) is 4.59. The summed E-state index contributed by atoms with van der Waals surface area (Å²) in [4.78, 5) is 29.8. The van der Waals surface area contributed by atoms with Crippen LogP contribution in [0.3, 0.4) is 0 Å². The highest BCUT2D eigenvalue weighted by Gasteiger charge is 2.27. The molecule has 2 aromatic carbocycles. The first-order valence-corrected chi connectivity index (χ1v) is 11.2. The van der Waals surface area contributed by atoms with Crippen LogP contribution in [0.15, 0.2) is 36.4 Å². The maximum absolute atomic E-state index is 12.6. The number of likely N-dealkylation sites (tertiary alicyclic amines) is 1. The third-order valence-corrected chi connectivity index (χ3v) is 6.71.